The van der Waals surface area contributed by atoms with Crippen LogP contribution in [-0.2, 0) is 12.6 Å². The lowest BCUT2D eigenvalue weighted by atomic mass is 9.93. The fourth-order valence-electron chi connectivity index (χ4n) is 5.59. The Balaban J connectivity index is 1.39. The molecule has 2 saturated carbocycles. The van der Waals surface area contributed by atoms with Crippen LogP contribution in [0.25, 0.3) is 0 Å². The highest BCUT2D eigenvalue weighted by molar-refractivity contribution is 5.96. The summed E-state index contributed by atoms with van der Waals surface area (Å²) in [5.74, 6) is 0.369. The predicted molar refractivity (Wildman–Crippen MR) is 148 cm³/mol. The van der Waals surface area contributed by atoms with E-state index in [-0.39, 0.29) is 35.0 Å². The Bertz CT molecular complexity index is 1210. The zero-order chi connectivity index (χ0) is 28.4. The summed E-state index contributed by atoms with van der Waals surface area (Å²) in [6.45, 7) is 5.45. The zero-order valence-corrected chi connectivity index (χ0v) is 22.8. The smallest absolute Gasteiger partial charge is 0.393 e. The maximum atomic E-state index is 14.2. The molecule has 0 bridgehead atoms. The van der Waals surface area contributed by atoms with Crippen molar-refractivity contribution in [3.05, 3.63) is 35.2 Å². The van der Waals surface area contributed by atoms with Crippen LogP contribution in [0.2, 0.25) is 0 Å². The Hall–Kier alpha value is -3.12. The summed E-state index contributed by atoms with van der Waals surface area (Å²) in [5, 5.41) is 16.1. The number of hydrogen-bond acceptors (Lipinski definition) is 8. The number of nitrogens with two attached hydrogens (primary N) is 1. The molecule has 5 rings (SSSR count). The molecule has 5 N–H and O–H groups in total. The van der Waals surface area contributed by atoms with Gasteiger partial charge in [0.15, 0.2) is 11.5 Å². The number of anilines is 4. The molecular formula is C28H38F3N7O2. The molecule has 2 heterocycles. The molecule has 218 valence electrons. The van der Waals surface area contributed by atoms with Crippen LogP contribution in [0.5, 0.6) is 0 Å². The summed E-state index contributed by atoms with van der Waals surface area (Å²) >= 11 is 0. The number of amides is 1. The summed E-state index contributed by atoms with van der Waals surface area (Å²) in [7, 11) is 0. The average Bonchev–Trinajstić information content (AvgIpc) is 3.74. The first-order valence-corrected chi connectivity index (χ1v) is 14.2. The molecule has 0 radical (unpaired) electrons. The van der Waals surface area contributed by atoms with Crippen molar-refractivity contribution >= 4 is 28.9 Å². The number of carbonyl (C=O) groups excluding carboxylic acids is 1. The summed E-state index contributed by atoms with van der Waals surface area (Å²) in [4.78, 5) is 25.4. The van der Waals surface area contributed by atoms with E-state index >= 15 is 0 Å². The third-order valence-electron chi connectivity index (χ3n) is 8.06. The molecule has 40 heavy (non-hydrogen) atoms. The first-order chi connectivity index (χ1) is 19.1. The van der Waals surface area contributed by atoms with Gasteiger partial charge in [-0.05, 0) is 69.1 Å². The number of carbonyl (C=O) groups is 1. The number of aliphatic hydroxyl groups is 1. The minimum atomic E-state index is -4.57. The Morgan fingerprint density at radius 1 is 1.05 bits per heavy atom. The van der Waals surface area contributed by atoms with Crippen molar-refractivity contribution in [2.45, 2.75) is 70.2 Å². The predicted octanol–water partition coefficient (Wildman–Crippen LogP) is 4.15. The Labute approximate surface area is 232 Å². The second kappa shape index (κ2) is 11.8. The number of halogens is 3. The second-order valence-electron chi connectivity index (χ2n) is 11.2. The van der Waals surface area contributed by atoms with Crippen molar-refractivity contribution in [1.29, 1.82) is 0 Å². The van der Waals surface area contributed by atoms with E-state index in [1.807, 2.05) is 6.92 Å². The number of benzene rings is 1. The van der Waals surface area contributed by atoms with Crippen molar-refractivity contribution < 1.29 is 23.1 Å². The molecule has 1 amide bonds. The van der Waals surface area contributed by atoms with Gasteiger partial charge in [0.25, 0.3) is 5.91 Å². The van der Waals surface area contributed by atoms with Gasteiger partial charge in [-0.25, -0.2) is 9.97 Å². The van der Waals surface area contributed by atoms with Gasteiger partial charge in [-0.2, -0.15) is 13.2 Å². The summed E-state index contributed by atoms with van der Waals surface area (Å²) in [6, 6.07) is 4.17. The molecule has 1 aromatic heterocycles. The molecule has 0 unspecified atom stereocenters. The van der Waals surface area contributed by atoms with Crippen LogP contribution in [0.3, 0.4) is 0 Å². The fourth-order valence-corrected chi connectivity index (χ4v) is 5.59. The molecule has 12 heteroatoms. The van der Waals surface area contributed by atoms with Crippen molar-refractivity contribution in [1.82, 2.24) is 14.9 Å². The third-order valence-corrected chi connectivity index (χ3v) is 8.06. The quantitative estimate of drug-likeness (QED) is 0.361. The van der Waals surface area contributed by atoms with E-state index in [9.17, 15) is 23.1 Å². The molecule has 3 fully saturated rings. The van der Waals surface area contributed by atoms with Gasteiger partial charge in [-0.1, -0.05) is 6.92 Å². The number of piperazine rings is 1. The van der Waals surface area contributed by atoms with Crippen LogP contribution >= 0.6 is 0 Å². The maximum Gasteiger partial charge on any atom is 0.418 e. The van der Waals surface area contributed by atoms with Crippen LogP contribution in [0.1, 0.15) is 67.2 Å². The average molecular weight is 562 g/mol. The largest absolute Gasteiger partial charge is 0.418 e. The third kappa shape index (κ3) is 6.77. The van der Waals surface area contributed by atoms with E-state index in [2.05, 4.69) is 25.5 Å². The minimum absolute atomic E-state index is 0.00221. The first kappa shape index (κ1) is 28.4. The van der Waals surface area contributed by atoms with Gasteiger partial charge < -0.3 is 26.4 Å². The molecule has 9 nitrogen and oxygen atoms in total. The van der Waals surface area contributed by atoms with Crippen molar-refractivity contribution in [3.63, 3.8) is 0 Å². The molecule has 1 aliphatic heterocycles. The van der Waals surface area contributed by atoms with Gasteiger partial charge >= 0.3 is 6.18 Å². The zero-order valence-electron chi connectivity index (χ0n) is 22.8. The van der Waals surface area contributed by atoms with Crippen LogP contribution < -0.4 is 21.3 Å². The minimum Gasteiger partial charge on any atom is -0.393 e. The van der Waals surface area contributed by atoms with E-state index in [4.69, 9.17) is 5.73 Å². The number of aliphatic hydroxyl groups excluding tert-OH is 1. The molecule has 2 aliphatic carbocycles. The maximum absolute atomic E-state index is 14.2. The number of hydrogen-bond donors (Lipinski definition) is 4. The normalized spacial score (nSPS) is 22.3. The van der Waals surface area contributed by atoms with E-state index in [1.165, 1.54) is 18.9 Å². The number of alkyl halides is 3. The summed E-state index contributed by atoms with van der Waals surface area (Å²) in [5.41, 5.74) is 5.53. The number of aromatic nitrogens is 2. The van der Waals surface area contributed by atoms with Crippen LogP contribution in [-0.4, -0.2) is 70.8 Å². The standard InChI is InChI=1S/C28H38F3N7O2/c1-2-22-26(33-18-5-8-20(39)9-6-18)36-27(24(35-22)25(32)40)34-19-7-10-23(21(15-19)28(29,30)31)38-13-11-37(12-14-38)16-17-3-4-17/h7,10,15,17-18,20,39H,2-6,8-9,11-14,16H2,1H3,(H2,32,40)(H2,33,34,36)/t18-,20-. The Morgan fingerprint density at radius 2 is 1.75 bits per heavy atom. The van der Waals surface area contributed by atoms with Crippen molar-refractivity contribution in [2.75, 3.05) is 48.3 Å². The van der Waals surface area contributed by atoms with Crippen LogP contribution in [0.15, 0.2) is 18.2 Å². The topological polar surface area (TPSA) is 120 Å². The van der Waals surface area contributed by atoms with E-state index in [0.29, 0.717) is 43.9 Å². The highest BCUT2D eigenvalue weighted by Crippen LogP contribution is 2.40. The number of rotatable bonds is 9. The van der Waals surface area contributed by atoms with Gasteiger partial charge in [0.2, 0.25) is 0 Å². The van der Waals surface area contributed by atoms with Crippen molar-refractivity contribution in [2.24, 2.45) is 11.7 Å². The molecule has 1 aromatic carbocycles. The Morgan fingerprint density at radius 3 is 2.35 bits per heavy atom. The van der Waals surface area contributed by atoms with Gasteiger partial charge in [0.1, 0.15) is 5.82 Å². The highest BCUT2D eigenvalue weighted by Gasteiger charge is 2.36. The van der Waals surface area contributed by atoms with Gasteiger partial charge in [0.05, 0.1) is 17.4 Å². The second-order valence-corrected chi connectivity index (χ2v) is 11.2. The lowest BCUT2D eigenvalue weighted by Crippen LogP contribution is -2.47. The molecule has 3 aliphatic rings. The highest BCUT2D eigenvalue weighted by atomic mass is 19.4. The number of nitrogens with zero attached hydrogens (tertiary/aromatic N) is 4. The molecule has 2 aromatic rings. The molecular weight excluding hydrogens is 523 g/mol. The summed E-state index contributed by atoms with van der Waals surface area (Å²) < 4.78 is 42.7. The molecule has 0 atom stereocenters. The Kier molecular flexibility index (Phi) is 8.37. The number of aryl methyl sites for hydroxylation is 1. The van der Waals surface area contributed by atoms with Crippen LogP contribution in [0, 0.1) is 5.92 Å². The number of primary amides is 1. The lowest BCUT2D eigenvalue weighted by molar-refractivity contribution is -0.137. The van der Waals surface area contributed by atoms with Gasteiger partial charge in [-0.15, -0.1) is 0 Å². The number of nitrogens with one attached hydrogen (secondary N) is 2. The van der Waals surface area contributed by atoms with E-state index < -0.39 is 17.6 Å². The SMILES string of the molecule is CCc1nc(C(N)=O)c(Nc2ccc(N3CCN(CC4CC4)CC3)c(C(F)(F)F)c2)nc1N[C@H]1CC[C@H](O)CC1. The monoisotopic (exact) mass is 561 g/mol. The first-order valence-electron chi connectivity index (χ1n) is 14.2. The molecule has 0 spiro atoms. The summed E-state index contributed by atoms with van der Waals surface area (Å²) in [6.07, 6.45) is 0.915. The van der Waals surface area contributed by atoms with E-state index in [1.54, 1.807) is 11.0 Å². The van der Waals surface area contributed by atoms with Gasteiger partial charge in [-0.3, -0.25) is 9.69 Å². The fraction of sp³-hybridized carbons (Fsp3) is 0.607. The van der Waals surface area contributed by atoms with Gasteiger partial charge in [0, 0.05) is 50.1 Å². The van der Waals surface area contributed by atoms with Crippen molar-refractivity contribution in [3.8, 4) is 0 Å². The van der Waals surface area contributed by atoms with E-state index in [0.717, 1.165) is 44.5 Å². The lowest BCUT2D eigenvalue weighted by Gasteiger charge is -2.37. The molecule has 1 saturated heterocycles. The van der Waals surface area contributed by atoms with Crippen LogP contribution in [0.4, 0.5) is 36.2 Å².